The minimum Gasteiger partial charge on any atom is -0.454 e. The van der Waals surface area contributed by atoms with Gasteiger partial charge in [-0.05, 0) is 47.2 Å². The molecule has 100 valence electrons. The second kappa shape index (κ2) is 5.78. The molecular weight excluding hydrogens is 338 g/mol. The van der Waals surface area contributed by atoms with E-state index in [1.165, 1.54) is 11.8 Å². The van der Waals surface area contributed by atoms with Crippen LogP contribution in [0, 0.1) is 10.7 Å². The van der Waals surface area contributed by atoms with E-state index in [-0.39, 0.29) is 12.0 Å². The Morgan fingerprint density at radius 3 is 2.70 bits per heavy atom. The summed E-state index contributed by atoms with van der Waals surface area (Å²) in [5.41, 5.74) is 2.10. The van der Waals surface area contributed by atoms with E-state index in [9.17, 15) is 0 Å². The van der Waals surface area contributed by atoms with E-state index >= 15 is 0 Å². The summed E-state index contributed by atoms with van der Waals surface area (Å²) in [6.45, 7) is 0.256. The fraction of sp³-hybridized carbons (Fsp3) is 0.133. The first-order valence-corrected chi connectivity index (χ1v) is 7.65. The normalized spacial score (nSPS) is 13.8. The first-order chi connectivity index (χ1) is 9.78. The Bertz CT molecular complexity index is 684. The summed E-state index contributed by atoms with van der Waals surface area (Å²) in [4.78, 5) is 0. The molecule has 2 aromatic rings. The lowest BCUT2D eigenvalue weighted by atomic mass is 10.0. The zero-order valence-electron chi connectivity index (χ0n) is 10.4. The maximum Gasteiger partial charge on any atom is 0.231 e. The SMILES string of the molecule is N#CSC(c1cccc(Br)c1)c1ccc2c(c1)OCO2. The highest BCUT2D eigenvalue weighted by molar-refractivity contribution is 9.10. The predicted molar refractivity (Wildman–Crippen MR) is 81.8 cm³/mol. The van der Waals surface area contributed by atoms with Gasteiger partial charge >= 0.3 is 0 Å². The molecule has 1 atom stereocenters. The first kappa shape index (κ1) is 13.3. The van der Waals surface area contributed by atoms with Crippen LogP contribution in [0.4, 0.5) is 0 Å². The maximum atomic E-state index is 9.07. The predicted octanol–water partition coefficient (Wildman–Crippen LogP) is 4.48. The van der Waals surface area contributed by atoms with Crippen LogP contribution in [-0.2, 0) is 0 Å². The van der Waals surface area contributed by atoms with Crippen LogP contribution in [-0.4, -0.2) is 6.79 Å². The summed E-state index contributed by atoms with van der Waals surface area (Å²) in [6, 6.07) is 13.8. The van der Waals surface area contributed by atoms with Gasteiger partial charge < -0.3 is 9.47 Å². The van der Waals surface area contributed by atoms with Crippen molar-refractivity contribution in [3.05, 3.63) is 58.1 Å². The lowest BCUT2D eigenvalue weighted by Crippen LogP contribution is -1.96. The largest absolute Gasteiger partial charge is 0.454 e. The van der Waals surface area contributed by atoms with Crippen molar-refractivity contribution in [3.8, 4) is 16.9 Å². The number of ether oxygens (including phenoxy) is 2. The molecular formula is C15H10BrNO2S. The van der Waals surface area contributed by atoms with Gasteiger partial charge in [0.2, 0.25) is 6.79 Å². The number of hydrogen-bond donors (Lipinski definition) is 0. The third-order valence-corrected chi connectivity index (χ3v) is 4.40. The van der Waals surface area contributed by atoms with Crippen molar-refractivity contribution < 1.29 is 9.47 Å². The summed E-state index contributed by atoms with van der Waals surface area (Å²) in [6.07, 6.45) is 0. The van der Waals surface area contributed by atoms with Gasteiger partial charge in [0.05, 0.1) is 5.25 Å². The van der Waals surface area contributed by atoms with Crippen LogP contribution in [0.3, 0.4) is 0 Å². The van der Waals surface area contributed by atoms with E-state index in [2.05, 4.69) is 21.3 Å². The van der Waals surface area contributed by atoms with E-state index < -0.39 is 0 Å². The Kier molecular flexibility index (Phi) is 3.86. The summed E-state index contributed by atoms with van der Waals surface area (Å²) >= 11 is 4.69. The number of benzene rings is 2. The van der Waals surface area contributed by atoms with Crippen LogP contribution in [0.1, 0.15) is 16.4 Å². The van der Waals surface area contributed by atoms with E-state index in [0.29, 0.717) is 0 Å². The highest BCUT2D eigenvalue weighted by atomic mass is 79.9. The van der Waals surface area contributed by atoms with Crippen molar-refractivity contribution in [2.45, 2.75) is 5.25 Å². The van der Waals surface area contributed by atoms with Crippen LogP contribution < -0.4 is 9.47 Å². The Balaban J connectivity index is 2.01. The molecule has 2 aromatic carbocycles. The summed E-state index contributed by atoms with van der Waals surface area (Å²) in [5.74, 6) is 1.49. The van der Waals surface area contributed by atoms with Gasteiger partial charge in [0.25, 0.3) is 0 Å². The van der Waals surface area contributed by atoms with Gasteiger partial charge in [-0.3, -0.25) is 0 Å². The Hall–Kier alpha value is -1.64. The molecule has 3 rings (SSSR count). The van der Waals surface area contributed by atoms with E-state index in [0.717, 1.165) is 27.1 Å². The average Bonchev–Trinajstić information content (AvgIpc) is 2.92. The number of fused-ring (bicyclic) bond motifs is 1. The Morgan fingerprint density at radius 2 is 1.90 bits per heavy atom. The quantitative estimate of drug-likeness (QED) is 0.767. The van der Waals surface area contributed by atoms with Gasteiger partial charge in [-0.15, -0.1) is 0 Å². The summed E-state index contributed by atoms with van der Waals surface area (Å²) < 4.78 is 11.7. The number of nitrogens with zero attached hydrogens (tertiary/aromatic N) is 1. The molecule has 5 heteroatoms. The topological polar surface area (TPSA) is 42.2 Å². The van der Waals surface area contributed by atoms with Crippen molar-refractivity contribution in [2.24, 2.45) is 0 Å². The van der Waals surface area contributed by atoms with Gasteiger partial charge in [0.1, 0.15) is 5.40 Å². The van der Waals surface area contributed by atoms with Crippen LogP contribution in [0.25, 0.3) is 0 Å². The first-order valence-electron chi connectivity index (χ1n) is 5.97. The molecule has 0 spiro atoms. The zero-order chi connectivity index (χ0) is 13.9. The number of thiocyanates is 1. The number of nitriles is 1. The van der Waals surface area contributed by atoms with Crippen LogP contribution in [0.15, 0.2) is 46.9 Å². The molecule has 0 saturated heterocycles. The maximum absolute atomic E-state index is 9.07. The van der Waals surface area contributed by atoms with Crippen LogP contribution in [0.2, 0.25) is 0 Å². The Morgan fingerprint density at radius 1 is 1.10 bits per heavy atom. The van der Waals surface area contributed by atoms with Gasteiger partial charge in [-0.1, -0.05) is 34.1 Å². The average molecular weight is 348 g/mol. The monoisotopic (exact) mass is 347 g/mol. The van der Waals surface area contributed by atoms with Crippen molar-refractivity contribution in [3.63, 3.8) is 0 Å². The zero-order valence-corrected chi connectivity index (χ0v) is 12.8. The minimum atomic E-state index is -0.0491. The molecule has 1 aliphatic rings. The summed E-state index contributed by atoms with van der Waals surface area (Å²) in [7, 11) is 0. The second-order valence-electron chi connectivity index (χ2n) is 4.26. The molecule has 3 nitrogen and oxygen atoms in total. The van der Waals surface area contributed by atoms with Gasteiger partial charge in [0, 0.05) is 4.47 Å². The van der Waals surface area contributed by atoms with E-state index in [4.69, 9.17) is 14.7 Å². The number of hydrogen-bond acceptors (Lipinski definition) is 4. The van der Waals surface area contributed by atoms with Crippen LogP contribution >= 0.6 is 27.7 Å². The van der Waals surface area contributed by atoms with E-state index in [1.807, 2.05) is 42.5 Å². The van der Waals surface area contributed by atoms with Crippen molar-refractivity contribution in [2.75, 3.05) is 6.79 Å². The molecule has 0 fully saturated rings. The summed E-state index contributed by atoms with van der Waals surface area (Å²) in [5, 5.41) is 11.2. The molecule has 0 bridgehead atoms. The molecule has 0 N–H and O–H groups in total. The third-order valence-electron chi connectivity index (χ3n) is 3.02. The minimum absolute atomic E-state index is 0.0491. The standard InChI is InChI=1S/C15H10BrNO2S/c16-12-3-1-2-10(6-12)15(20-8-17)11-4-5-13-14(7-11)19-9-18-13/h1-7,15H,9H2. The second-order valence-corrected chi connectivity index (χ2v) is 6.06. The molecule has 0 saturated carbocycles. The molecule has 1 aliphatic heterocycles. The lowest BCUT2D eigenvalue weighted by Gasteiger charge is -2.14. The van der Waals surface area contributed by atoms with Gasteiger partial charge in [-0.25, -0.2) is 0 Å². The lowest BCUT2D eigenvalue weighted by molar-refractivity contribution is 0.174. The van der Waals surface area contributed by atoms with Crippen molar-refractivity contribution in [1.82, 2.24) is 0 Å². The van der Waals surface area contributed by atoms with Crippen LogP contribution in [0.5, 0.6) is 11.5 Å². The highest BCUT2D eigenvalue weighted by Gasteiger charge is 2.20. The number of thioether (sulfide) groups is 1. The molecule has 20 heavy (non-hydrogen) atoms. The smallest absolute Gasteiger partial charge is 0.231 e. The van der Waals surface area contributed by atoms with Gasteiger partial charge in [0.15, 0.2) is 11.5 Å². The molecule has 0 radical (unpaired) electrons. The molecule has 0 aliphatic carbocycles. The fourth-order valence-corrected chi connectivity index (χ4v) is 3.21. The molecule has 0 amide bonds. The highest BCUT2D eigenvalue weighted by Crippen LogP contribution is 2.41. The Labute approximate surface area is 129 Å². The fourth-order valence-electron chi connectivity index (χ4n) is 2.13. The number of rotatable bonds is 3. The number of halogens is 1. The molecule has 1 heterocycles. The van der Waals surface area contributed by atoms with E-state index in [1.54, 1.807) is 0 Å². The third kappa shape index (κ3) is 2.62. The van der Waals surface area contributed by atoms with Crippen molar-refractivity contribution >= 4 is 27.7 Å². The van der Waals surface area contributed by atoms with Gasteiger partial charge in [-0.2, -0.15) is 5.26 Å². The van der Waals surface area contributed by atoms with Crippen molar-refractivity contribution in [1.29, 1.82) is 5.26 Å². The molecule has 0 aromatic heterocycles. The molecule has 1 unspecified atom stereocenters.